The molecular weight excluding hydrogens is 300 g/mol. The van der Waals surface area contributed by atoms with Crippen molar-refractivity contribution in [1.29, 1.82) is 0 Å². The van der Waals surface area contributed by atoms with Crippen molar-refractivity contribution in [1.82, 2.24) is 0 Å². The summed E-state index contributed by atoms with van der Waals surface area (Å²) in [6.07, 6.45) is 5.93. The monoisotopic (exact) mass is 330 g/mol. The summed E-state index contributed by atoms with van der Waals surface area (Å²) in [5.41, 5.74) is 11.2. The topological polar surface area (TPSA) is 0 Å². The first-order valence-corrected chi connectivity index (χ1v) is 9.40. The van der Waals surface area contributed by atoms with Gasteiger partial charge in [0.05, 0.1) is 0 Å². The molecule has 0 heteroatoms. The SMILES string of the molecule is Cc1cc(C)cc(C(C2=CC(C(C)C)=CC2)c2cc(C)cc(C)c2)c1. The number of rotatable bonds is 4. The van der Waals surface area contributed by atoms with Crippen molar-refractivity contribution in [2.45, 2.75) is 53.9 Å². The molecule has 0 fully saturated rings. The number of aryl methyl sites for hydroxylation is 4. The molecule has 0 unspecified atom stereocenters. The number of benzene rings is 2. The van der Waals surface area contributed by atoms with Crippen LogP contribution in [0.4, 0.5) is 0 Å². The molecule has 1 aliphatic rings. The molecule has 2 aromatic carbocycles. The summed E-state index contributed by atoms with van der Waals surface area (Å²) in [6, 6.07) is 14.0. The molecule has 3 rings (SSSR count). The lowest BCUT2D eigenvalue weighted by Crippen LogP contribution is -2.06. The molecule has 130 valence electrons. The Balaban J connectivity index is 2.14. The summed E-state index contributed by atoms with van der Waals surface area (Å²) < 4.78 is 0. The van der Waals surface area contributed by atoms with Gasteiger partial charge in [-0.25, -0.2) is 0 Å². The van der Waals surface area contributed by atoms with E-state index in [0.29, 0.717) is 11.8 Å². The fourth-order valence-electron chi connectivity index (χ4n) is 4.14. The molecular formula is C25H30. The van der Waals surface area contributed by atoms with Crippen LogP contribution in [0, 0.1) is 33.6 Å². The van der Waals surface area contributed by atoms with Crippen molar-refractivity contribution in [2.24, 2.45) is 5.92 Å². The molecule has 2 aromatic rings. The second-order valence-corrected chi connectivity index (χ2v) is 8.06. The van der Waals surface area contributed by atoms with Crippen LogP contribution in [-0.2, 0) is 0 Å². The third-order valence-corrected chi connectivity index (χ3v) is 5.12. The highest BCUT2D eigenvalue weighted by Crippen LogP contribution is 2.39. The normalized spacial score (nSPS) is 14.2. The fraction of sp³-hybridized carbons (Fsp3) is 0.360. The molecule has 0 radical (unpaired) electrons. The maximum Gasteiger partial charge on any atom is 0.0305 e. The van der Waals surface area contributed by atoms with Crippen molar-refractivity contribution in [3.63, 3.8) is 0 Å². The number of hydrogen-bond acceptors (Lipinski definition) is 0. The fourth-order valence-corrected chi connectivity index (χ4v) is 4.14. The highest BCUT2D eigenvalue weighted by atomic mass is 14.3. The maximum absolute atomic E-state index is 2.45. The Bertz CT molecular complexity index is 754. The van der Waals surface area contributed by atoms with Crippen LogP contribution in [0.5, 0.6) is 0 Å². The lowest BCUT2D eigenvalue weighted by molar-refractivity contribution is 0.792. The van der Waals surface area contributed by atoms with Crippen LogP contribution in [0.25, 0.3) is 0 Å². The van der Waals surface area contributed by atoms with Gasteiger partial charge < -0.3 is 0 Å². The molecule has 0 aromatic heterocycles. The summed E-state index contributed by atoms with van der Waals surface area (Å²) in [6.45, 7) is 13.4. The lowest BCUT2D eigenvalue weighted by atomic mass is 9.82. The third kappa shape index (κ3) is 3.95. The van der Waals surface area contributed by atoms with Crippen molar-refractivity contribution in [3.8, 4) is 0 Å². The summed E-state index contributed by atoms with van der Waals surface area (Å²) in [4.78, 5) is 0. The molecule has 0 amide bonds. The molecule has 0 nitrogen and oxygen atoms in total. The van der Waals surface area contributed by atoms with E-state index in [-0.39, 0.29) is 0 Å². The molecule has 0 bridgehead atoms. The van der Waals surface area contributed by atoms with Gasteiger partial charge in [-0.1, -0.05) is 90.2 Å². The Kier molecular flexibility index (Phi) is 4.99. The minimum absolute atomic E-state index is 0.352. The van der Waals surface area contributed by atoms with Gasteiger partial charge in [-0.2, -0.15) is 0 Å². The van der Waals surface area contributed by atoms with Gasteiger partial charge in [-0.05, 0) is 56.7 Å². The van der Waals surface area contributed by atoms with E-state index in [1.165, 1.54) is 44.5 Å². The van der Waals surface area contributed by atoms with Crippen LogP contribution in [0.1, 0.15) is 59.6 Å². The van der Waals surface area contributed by atoms with Gasteiger partial charge >= 0.3 is 0 Å². The van der Waals surface area contributed by atoms with Gasteiger partial charge in [0.15, 0.2) is 0 Å². The van der Waals surface area contributed by atoms with Gasteiger partial charge in [0.1, 0.15) is 0 Å². The van der Waals surface area contributed by atoms with Gasteiger partial charge in [0.2, 0.25) is 0 Å². The van der Waals surface area contributed by atoms with Crippen molar-refractivity contribution < 1.29 is 0 Å². The van der Waals surface area contributed by atoms with E-state index in [4.69, 9.17) is 0 Å². The number of hydrogen-bond donors (Lipinski definition) is 0. The molecule has 0 atom stereocenters. The van der Waals surface area contributed by atoms with Crippen LogP contribution in [0.3, 0.4) is 0 Å². The molecule has 25 heavy (non-hydrogen) atoms. The predicted molar refractivity (Wildman–Crippen MR) is 109 cm³/mol. The Labute approximate surface area is 153 Å². The Hall–Kier alpha value is -2.08. The molecule has 0 aliphatic heterocycles. The number of allylic oxidation sites excluding steroid dienone is 4. The quantitative estimate of drug-likeness (QED) is 0.568. The zero-order valence-corrected chi connectivity index (χ0v) is 16.5. The van der Waals surface area contributed by atoms with Crippen molar-refractivity contribution in [3.05, 3.63) is 93.1 Å². The van der Waals surface area contributed by atoms with E-state index < -0.39 is 0 Å². The Morgan fingerprint density at radius 2 is 1.12 bits per heavy atom. The molecule has 0 saturated carbocycles. The molecule has 0 heterocycles. The first-order valence-electron chi connectivity index (χ1n) is 9.40. The average molecular weight is 331 g/mol. The van der Waals surface area contributed by atoms with Crippen LogP contribution < -0.4 is 0 Å². The smallest absolute Gasteiger partial charge is 0.0305 e. The highest BCUT2D eigenvalue weighted by Gasteiger charge is 2.23. The summed E-state index contributed by atoms with van der Waals surface area (Å²) in [5, 5.41) is 0. The first kappa shape index (κ1) is 17.7. The van der Waals surface area contributed by atoms with E-state index in [1.807, 2.05) is 0 Å². The summed E-state index contributed by atoms with van der Waals surface area (Å²) in [5.74, 6) is 0.946. The van der Waals surface area contributed by atoms with E-state index in [1.54, 1.807) is 0 Å². The molecule has 0 N–H and O–H groups in total. The average Bonchev–Trinajstić information content (AvgIpc) is 2.95. The zero-order valence-electron chi connectivity index (χ0n) is 16.5. The Morgan fingerprint density at radius 1 is 0.680 bits per heavy atom. The van der Waals surface area contributed by atoms with E-state index in [0.717, 1.165) is 6.42 Å². The Morgan fingerprint density at radius 3 is 1.48 bits per heavy atom. The van der Waals surface area contributed by atoms with Gasteiger partial charge in [-0.15, -0.1) is 0 Å². The largest absolute Gasteiger partial charge is 0.0769 e. The molecule has 0 saturated heterocycles. The van der Waals surface area contributed by atoms with Gasteiger partial charge in [0.25, 0.3) is 0 Å². The second-order valence-electron chi connectivity index (χ2n) is 8.06. The van der Waals surface area contributed by atoms with Crippen LogP contribution >= 0.6 is 0 Å². The second kappa shape index (κ2) is 7.04. The standard InChI is InChI=1S/C25H30/c1-16(2)21-7-8-22(15-21)25(23-11-17(3)9-18(4)12-23)24-13-19(5)10-20(6)14-24/h7,9-16,25H,8H2,1-6H3. The van der Waals surface area contributed by atoms with Gasteiger partial charge in [-0.3, -0.25) is 0 Å². The third-order valence-electron chi connectivity index (χ3n) is 5.12. The maximum atomic E-state index is 2.45. The van der Waals surface area contributed by atoms with Crippen molar-refractivity contribution in [2.75, 3.05) is 0 Å². The van der Waals surface area contributed by atoms with Crippen LogP contribution in [0.15, 0.2) is 59.7 Å². The summed E-state index contributed by atoms with van der Waals surface area (Å²) in [7, 11) is 0. The van der Waals surface area contributed by atoms with E-state index >= 15 is 0 Å². The van der Waals surface area contributed by atoms with Crippen LogP contribution in [-0.4, -0.2) is 0 Å². The molecule has 0 spiro atoms. The van der Waals surface area contributed by atoms with E-state index in [9.17, 15) is 0 Å². The first-order chi connectivity index (χ1) is 11.8. The van der Waals surface area contributed by atoms with E-state index in [2.05, 4.69) is 90.1 Å². The lowest BCUT2D eigenvalue weighted by Gasteiger charge is -2.22. The predicted octanol–water partition coefficient (Wildman–Crippen LogP) is 6.96. The van der Waals surface area contributed by atoms with Gasteiger partial charge in [0, 0.05) is 5.92 Å². The summed E-state index contributed by atoms with van der Waals surface area (Å²) >= 11 is 0. The van der Waals surface area contributed by atoms with Crippen LogP contribution in [0.2, 0.25) is 0 Å². The highest BCUT2D eigenvalue weighted by molar-refractivity contribution is 5.50. The van der Waals surface area contributed by atoms with Crippen molar-refractivity contribution >= 4 is 0 Å². The zero-order chi connectivity index (χ0) is 18.1. The molecule has 1 aliphatic carbocycles. The minimum atomic E-state index is 0.352. The minimum Gasteiger partial charge on any atom is -0.0769 e.